The average molecular weight is 421 g/mol. The molecule has 11 heteroatoms. The van der Waals surface area contributed by atoms with Crippen LogP contribution in [0.3, 0.4) is 0 Å². The molecule has 3 rings (SSSR count). The van der Waals surface area contributed by atoms with E-state index >= 15 is 0 Å². The van der Waals surface area contributed by atoms with Crippen molar-refractivity contribution < 1.29 is 18.3 Å². The summed E-state index contributed by atoms with van der Waals surface area (Å²) in [5.41, 5.74) is 4.59. The quantitative estimate of drug-likeness (QED) is 0.455. The van der Waals surface area contributed by atoms with Gasteiger partial charge in [0.1, 0.15) is 5.56 Å². The molecule has 1 aromatic heterocycles. The van der Waals surface area contributed by atoms with Crippen molar-refractivity contribution in [2.45, 2.75) is 42.7 Å². The Morgan fingerprint density at radius 3 is 2.59 bits per heavy atom. The van der Waals surface area contributed by atoms with Gasteiger partial charge in [-0.2, -0.15) is 4.98 Å². The third-order valence-electron chi connectivity index (χ3n) is 4.73. The van der Waals surface area contributed by atoms with E-state index in [0.717, 1.165) is 6.26 Å². The van der Waals surface area contributed by atoms with E-state index in [1.54, 1.807) is 6.07 Å². The fourth-order valence-corrected chi connectivity index (χ4v) is 3.88. The van der Waals surface area contributed by atoms with Crippen LogP contribution in [-0.2, 0) is 9.84 Å². The highest BCUT2D eigenvalue weighted by Crippen LogP contribution is 2.23. The Labute approximate surface area is 167 Å². The summed E-state index contributed by atoms with van der Waals surface area (Å²) >= 11 is 0. The molecule has 0 radical (unpaired) electrons. The number of aliphatic hydroxyl groups is 1. The molecular weight excluding hydrogens is 398 g/mol. The summed E-state index contributed by atoms with van der Waals surface area (Å²) < 4.78 is 23.5. The molecule has 1 aromatic carbocycles. The zero-order valence-electron chi connectivity index (χ0n) is 15.8. The normalized spacial score (nSPS) is 19.5. The van der Waals surface area contributed by atoms with E-state index in [1.807, 2.05) is 0 Å². The van der Waals surface area contributed by atoms with E-state index in [0.29, 0.717) is 31.4 Å². The summed E-state index contributed by atoms with van der Waals surface area (Å²) in [4.78, 5) is 31.0. The van der Waals surface area contributed by atoms with Crippen LogP contribution < -0.4 is 21.9 Å². The van der Waals surface area contributed by atoms with Crippen molar-refractivity contribution in [1.29, 1.82) is 0 Å². The van der Waals surface area contributed by atoms with Crippen LogP contribution in [0, 0.1) is 0 Å². The van der Waals surface area contributed by atoms with Crippen molar-refractivity contribution in [1.82, 2.24) is 9.97 Å². The lowest BCUT2D eigenvalue weighted by atomic mass is 9.93. The highest BCUT2D eigenvalue weighted by atomic mass is 32.2. The number of aromatic amines is 1. The number of primary amides is 1. The number of carbonyl (C=O) groups excluding carboxylic acids is 1. The molecule has 29 heavy (non-hydrogen) atoms. The number of rotatable bonds is 6. The Balaban J connectivity index is 1.93. The minimum absolute atomic E-state index is 0.0161. The first kappa shape index (κ1) is 20.8. The molecule has 0 spiro atoms. The third-order valence-corrected chi connectivity index (χ3v) is 5.84. The summed E-state index contributed by atoms with van der Waals surface area (Å²) in [6.07, 6.45) is 3.46. The van der Waals surface area contributed by atoms with Gasteiger partial charge in [-0.05, 0) is 43.9 Å². The number of amides is 1. The number of anilines is 3. The molecule has 1 heterocycles. The zero-order chi connectivity index (χ0) is 21.2. The predicted molar refractivity (Wildman–Crippen MR) is 108 cm³/mol. The lowest BCUT2D eigenvalue weighted by Crippen LogP contribution is -2.32. The number of aliphatic hydroxyl groups excluding tert-OH is 1. The number of aromatic nitrogens is 2. The first-order valence-electron chi connectivity index (χ1n) is 9.09. The Bertz CT molecular complexity index is 1070. The molecule has 0 bridgehead atoms. The van der Waals surface area contributed by atoms with Crippen LogP contribution in [0.15, 0.2) is 34.0 Å². The largest absolute Gasteiger partial charge is 0.393 e. The lowest BCUT2D eigenvalue weighted by Gasteiger charge is -2.26. The van der Waals surface area contributed by atoms with Crippen LogP contribution in [0.25, 0.3) is 0 Å². The smallest absolute Gasteiger partial charge is 0.267 e. The Morgan fingerprint density at radius 1 is 1.28 bits per heavy atom. The van der Waals surface area contributed by atoms with Gasteiger partial charge in [-0.3, -0.25) is 14.6 Å². The molecule has 156 valence electrons. The second kappa shape index (κ2) is 8.21. The van der Waals surface area contributed by atoms with Gasteiger partial charge in [0.25, 0.3) is 11.5 Å². The maximum atomic E-state index is 12.4. The fourth-order valence-electron chi connectivity index (χ4n) is 3.22. The van der Waals surface area contributed by atoms with Crippen LogP contribution in [-0.4, -0.2) is 47.8 Å². The summed E-state index contributed by atoms with van der Waals surface area (Å²) in [5, 5.41) is 15.5. The number of carbonyl (C=O) groups is 1. The SMILES string of the molecule is CS(=O)(=O)c1cccc(Nc2nc(NC3CCC(O)CC3)[nH]c(=O)c2C(N)=O)c1. The van der Waals surface area contributed by atoms with Crippen LogP contribution >= 0.6 is 0 Å². The lowest BCUT2D eigenvalue weighted by molar-refractivity contribution is 0.0999. The Kier molecular flexibility index (Phi) is 5.89. The van der Waals surface area contributed by atoms with Crippen molar-refractivity contribution in [3.05, 3.63) is 40.2 Å². The number of hydrogen-bond donors (Lipinski definition) is 5. The maximum absolute atomic E-state index is 12.4. The highest BCUT2D eigenvalue weighted by molar-refractivity contribution is 7.90. The number of H-pyrrole nitrogens is 1. The maximum Gasteiger partial charge on any atom is 0.267 e. The first-order valence-corrected chi connectivity index (χ1v) is 11.0. The van der Waals surface area contributed by atoms with E-state index in [-0.39, 0.29) is 34.4 Å². The molecule has 1 fully saturated rings. The molecule has 0 saturated heterocycles. The average Bonchev–Trinajstić information content (AvgIpc) is 2.62. The second-order valence-corrected chi connectivity index (χ2v) is 9.09. The van der Waals surface area contributed by atoms with Gasteiger partial charge in [-0.1, -0.05) is 6.07 Å². The van der Waals surface area contributed by atoms with Crippen LogP contribution in [0.2, 0.25) is 0 Å². The number of hydrogen-bond acceptors (Lipinski definition) is 8. The molecule has 6 N–H and O–H groups in total. The van der Waals surface area contributed by atoms with Crippen molar-refractivity contribution in [2.24, 2.45) is 5.73 Å². The van der Waals surface area contributed by atoms with E-state index in [4.69, 9.17) is 5.73 Å². The van der Waals surface area contributed by atoms with Gasteiger partial charge in [0, 0.05) is 18.0 Å². The van der Waals surface area contributed by atoms with Gasteiger partial charge in [0.15, 0.2) is 15.7 Å². The van der Waals surface area contributed by atoms with E-state index < -0.39 is 21.3 Å². The molecule has 1 aliphatic rings. The molecule has 0 atom stereocenters. The van der Waals surface area contributed by atoms with Gasteiger partial charge in [-0.15, -0.1) is 0 Å². The fraction of sp³-hybridized carbons (Fsp3) is 0.389. The third kappa shape index (κ3) is 5.12. The van der Waals surface area contributed by atoms with Gasteiger partial charge in [-0.25, -0.2) is 8.42 Å². The molecule has 0 unspecified atom stereocenters. The number of benzene rings is 1. The molecular formula is C18H23N5O5S. The standard InChI is InChI=1S/C18H23N5O5S/c1-29(27,28)13-4-2-3-11(9-13)20-16-14(15(19)25)17(26)23-18(22-16)21-10-5-7-12(24)8-6-10/h2-4,9-10,12,24H,5-8H2,1H3,(H2,19,25)(H3,20,21,22,23,26). The molecule has 10 nitrogen and oxygen atoms in total. The molecule has 2 aromatic rings. The zero-order valence-corrected chi connectivity index (χ0v) is 16.6. The number of nitrogens with zero attached hydrogens (tertiary/aromatic N) is 1. The van der Waals surface area contributed by atoms with E-state index in [9.17, 15) is 23.1 Å². The van der Waals surface area contributed by atoms with Gasteiger partial charge >= 0.3 is 0 Å². The van der Waals surface area contributed by atoms with Crippen molar-refractivity contribution in [3.8, 4) is 0 Å². The summed E-state index contributed by atoms with van der Waals surface area (Å²) in [6, 6.07) is 5.94. The van der Waals surface area contributed by atoms with Crippen molar-refractivity contribution in [3.63, 3.8) is 0 Å². The van der Waals surface area contributed by atoms with Gasteiger partial charge < -0.3 is 21.5 Å². The minimum atomic E-state index is -3.44. The Morgan fingerprint density at radius 2 is 1.97 bits per heavy atom. The minimum Gasteiger partial charge on any atom is -0.393 e. The summed E-state index contributed by atoms with van der Waals surface area (Å²) in [5.74, 6) is -0.888. The number of nitrogens with one attached hydrogen (secondary N) is 3. The van der Waals surface area contributed by atoms with Crippen LogP contribution in [0.5, 0.6) is 0 Å². The Hall–Kier alpha value is -2.92. The molecule has 1 aliphatic carbocycles. The van der Waals surface area contributed by atoms with E-state index in [1.165, 1.54) is 18.2 Å². The summed E-state index contributed by atoms with van der Waals surface area (Å²) in [7, 11) is -3.44. The van der Waals surface area contributed by atoms with Crippen molar-refractivity contribution >= 4 is 33.2 Å². The monoisotopic (exact) mass is 421 g/mol. The highest BCUT2D eigenvalue weighted by Gasteiger charge is 2.22. The first-order chi connectivity index (χ1) is 13.6. The number of nitrogens with two attached hydrogens (primary N) is 1. The summed E-state index contributed by atoms with van der Waals surface area (Å²) in [6.45, 7) is 0. The van der Waals surface area contributed by atoms with Gasteiger partial charge in [0.05, 0.1) is 11.0 Å². The topological polar surface area (TPSA) is 167 Å². The molecule has 1 saturated carbocycles. The number of sulfone groups is 1. The van der Waals surface area contributed by atoms with Crippen LogP contribution in [0.1, 0.15) is 36.0 Å². The predicted octanol–water partition coefficient (Wildman–Crippen LogP) is 0.731. The molecule has 1 amide bonds. The van der Waals surface area contributed by atoms with Crippen molar-refractivity contribution in [2.75, 3.05) is 16.9 Å². The second-order valence-electron chi connectivity index (χ2n) is 7.08. The van der Waals surface area contributed by atoms with Gasteiger partial charge in [0.2, 0.25) is 5.95 Å². The van der Waals surface area contributed by atoms with Crippen LogP contribution in [0.4, 0.5) is 17.5 Å². The molecule has 0 aliphatic heterocycles. The van der Waals surface area contributed by atoms with E-state index in [2.05, 4.69) is 20.6 Å².